The second-order valence-electron chi connectivity index (χ2n) is 8.22. The average Bonchev–Trinajstić information content (AvgIpc) is 3.24. The normalized spacial score (nSPS) is 11.6. The second kappa shape index (κ2) is 11.8. The van der Waals surface area contributed by atoms with Crippen molar-refractivity contribution in [3.8, 4) is 0 Å². The molecule has 4 rings (SSSR count). The predicted octanol–water partition coefficient (Wildman–Crippen LogP) is 5.45. The third-order valence-corrected chi connectivity index (χ3v) is 7.21. The highest BCUT2D eigenvalue weighted by atomic mass is 35.5. The third-order valence-electron chi connectivity index (χ3n) is 5.53. The Morgan fingerprint density at radius 3 is 2.03 bits per heavy atom. The van der Waals surface area contributed by atoms with Crippen LogP contribution in [0.25, 0.3) is 10.1 Å². The van der Waals surface area contributed by atoms with Gasteiger partial charge in [-0.2, -0.15) is 0 Å². The molecule has 1 aromatic heterocycles. The molecule has 184 valence electrons. The van der Waals surface area contributed by atoms with Crippen molar-refractivity contribution in [2.24, 2.45) is 0 Å². The maximum absolute atomic E-state index is 13.2. The number of esters is 1. The van der Waals surface area contributed by atoms with Crippen molar-refractivity contribution in [1.82, 2.24) is 10.2 Å². The standard InChI is InChI=1S/C28H25ClN2O4S/c1-19(28(34)31(17-20-10-4-2-5-11-20)18-21-12-6-3-7-13-21)35-24(32)16-30-27(33)26-25(29)22-14-8-9-15-23(22)36-26/h2-15,19H,16-18H2,1H3,(H,30,33). The van der Waals surface area contributed by atoms with E-state index in [2.05, 4.69) is 5.32 Å². The molecular weight excluding hydrogens is 496 g/mol. The second-order valence-corrected chi connectivity index (χ2v) is 9.65. The molecule has 0 bridgehead atoms. The van der Waals surface area contributed by atoms with E-state index in [0.717, 1.165) is 21.2 Å². The molecule has 0 radical (unpaired) electrons. The minimum absolute atomic E-state index is 0.324. The van der Waals surface area contributed by atoms with Gasteiger partial charge in [0, 0.05) is 23.2 Å². The number of hydrogen-bond donors (Lipinski definition) is 1. The number of benzene rings is 3. The summed E-state index contributed by atoms with van der Waals surface area (Å²) in [5.41, 5.74) is 1.93. The van der Waals surface area contributed by atoms with Gasteiger partial charge in [0.1, 0.15) is 11.4 Å². The van der Waals surface area contributed by atoms with E-state index < -0.39 is 18.0 Å². The van der Waals surface area contributed by atoms with Crippen LogP contribution in [0.1, 0.15) is 27.7 Å². The van der Waals surface area contributed by atoms with Crippen LogP contribution in [0, 0.1) is 0 Å². The quantitative estimate of drug-likeness (QED) is 0.298. The fourth-order valence-corrected chi connectivity index (χ4v) is 5.19. The molecule has 0 saturated carbocycles. The SMILES string of the molecule is CC(OC(=O)CNC(=O)c1sc2ccccc2c1Cl)C(=O)N(Cc1ccccc1)Cc1ccccc1. The topological polar surface area (TPSA) is 75.7 Å². The molecule has 1 unspecified atom stereocenters. The fraction of sp³-hybridized carbons (Fsp3) is 0.179. The lowest BCUT2D eigenvalue weighted by atomic mass is 10.1. The summed E-state index contributed by atoms with van der Waals surface area (Å²) in [6.07, 6.45) is -1.02. The van der Waals surface area contributed by atoms with Crippen LogP contribution in [0.4, 0.5) is 0 Å². The van der Waals surface area contributed by atoms with Crippen LogP contribution in [0.5, 0.6) is 0 Å². The molecule has 0 aliphatic rings. The van der Waals surface area contributed by atoms with Crippen LogP contribution in [0.3, 0.4) is 0 Å². The van der Waals surface area contributed by atoms with Crippen LogP contribution in [-0.2, 0) is 27.4 Å². The molecule has 4 aromatic rings. The van der Waals surface area contributed by atoms with Crippen LogP contribution < -0.4 is 5.32 Å². The molecule has 0 fully saturated rings. The Bertz CT molecular complexity index is 1320. The number of hydrogen-bond acceptors (Lipinski definition) is 5. The molecule has 3 aromatic carbocycles. The van der Waals surface area contributed by atoms with Crippen molar-refractivity contribution in [2.45, 2.75) is 26.1 Å². The zero-order chi connectivity index (χ0) is 25.5. The van der Waals surface area contributed by atoms with Gasteiger partial charge in [-0.25, -0.2) is 0 Å². The molecule has 0 spiro atoms. The van der Waals surface area contributed by atoms with Gasteiger partial charge < -0.3 is 15.0 Å². The van der Waals surface area contributed by atoms with Crippen molar-refractivity contribution in [3.05, 3.63) is 106 Å². The van der Waals surface area contributed by atoms with E-state index in [1.54, 1.807) is 4.90 Å². The summed E-state index contributed by atoms with van der Waals surface area (Å²) in [6, 6.07) is 26.7. The maximum atomic E-state index is 13.2. The summed E-state index contributed by atoms with van der Waals surface area (Å²) in [5.74, 6) is -1.50. The molecule has 6 nitrogen and oxygen atoms in total. The first kappa shape index (κ1) is 25.4. The van der Waals surface area contributed by atoms with Gasteiger partial charge in [0.2, 0.25) is 0 Å². The van der Waals surface area contributed by atoms with Gasteiger partial charge in [-0.05, 0) is 24.1 Å². The van der Waals surface area contributed by atoms with E-state index in [1.807, 2.05) is 84.9 Å². The van der Waals surface area contributed by atoms with E-state index in [-0.39, 0.29) is 12.5 Å². The van der Waals surface area contributed by atoms with Gasteiger partial charge in [0.05, 0.1) is 5.02 Å². The first-order valence-corrected chi connectivity index (χ1v) is 12.6. The number of fused-ring (bicyclic) bond motifs is 1. The highest BCUT2D eigenvalue weighted by Crippen LogP contribution is 2.34. The number of thiophene rings is 1. The summed E-state index contributed by atoms with van der Waals surface area (Å²) >= 11 is 7.60. The number of amides is 2. The lowest BCUT2D eigenvalue weighted by Crippen LogP contribution is -2.41. The van der Waals surface area contributed by atoms with Crippen LogP contribution in [0.15, 0.2) is 84.9 Å². The zero-order valence-corrected chi connectivity index (χ0v) is 21.2. The summed E-state index contributed by atoms with van der Waals surface area (Å²) in [5, 5.41) is 3.68. The number of ether oxygens (including phenoxy) is 1. The molecule has 2 amide bonds. The molecular formula is C28H25ClN2O4S. The lowest BCUT2D eigenvalue weighted by Gasteiger charge is -2.26. The van der Waals surface area contributed by atoms with Crippen molar-refractivity contribution in [3.63, 3.8) is 0 Å². The van der Waals surface area contributed by atoms with Gasteiger partial charge in [0.25, 0.3) is 11.8 Å². The number of nitrogens with zero attached hydrogens (tertiary/aromatic N) is 1. The van der Waals surface area contributed by atoms with Crippen molar-refractivity contribution < 1.29 is 19.1 Å². The largest absolute Gasteiger partial charge is 0.451 e. The first-order valence-electron chi connectivity index (χ1n) is 11.4. The Balaban J connectivity index is 1.37. The van der Waals surface area contributed by atoms with E-state index in [9.17, 15) is 14.4 Å². The summed E-state index contributed by atoms with van der Waals surface area (Å²) in [4.78, 5) is 40.3. The molecule has 8 heteroatoms. The van der Waals surface area contributed by atoms with E-state index in [1.165, 1.54) is 18.3 Å². The van der Waals surface area contributed by atoms with Crippen LogP contribution >= 0.6 is 22.9 Å². The Labute approximate surface area is 218 Å². The molecule has 1 atom stereocenters. The van der Waals surface area contributed by atoms with Gasteiger partial charge in [-0.3, -0.25) is 14.4 Å². The molecule has 0 aliphatic heterocycles. The van der Waals surface area contributed by atoms with E-state index in [4.69, 9.17) is 16.3 Å². The minimum atomic E-state index is -1.02. The highest BCUT2D eigenvalue weighted by Gasteiger charge is 2.25. The Kier molecular flexibility index (Phi) is 8.36. The van der Waals surface area contributed by atoms with Crippen molar-refractivity contribution >= 4 is 50.8 Å². The van der Waals surface area contributed by atoms with Crippen molar-refractivity contribution in [1.29, 1.82) is 0 Å². The summed E-state index contributed by atoms with van der Waals surface area (Å²) < 4.78 is 6.25. The monoisotopic (exact) mass is 520 g/mol. The Morgan fingerprint density at radius 2 is 1.44 bits per heavy atom. The Morgan fingerprint density at radius 1 is 0.889 bits per heavy atom. The van der Waals surface area contributed by atoms with Gasteiger partial charge in [0.15, 0.2) is 6.10 Å². The highest BCUT2D eigenvalue weighted by molar-refractivity contribution is 7.21. The molecule has 0 saturated heterocycles. The Hall–Kier alpha value is -3.68. The summed E-state index contributed by atoms with van der Waals surface area (Å²) in [6.45, 7) is 1.90. The van der Waals surface area contributed by atoms with Crippen LogP contribution in [-0.4, -0.2) is 35.3 Å². The minimum Gasteiger partial charge on any atom is -0.451 e. The number of halogens is 1. The number of carbonyl (C=O) groups excluding carboxylic acids is 3. The third kappa shape index (κ3) is 6.30. The first-order chi connectivity index (χ1) is 17.4. The van der Waals surface area contributed by atoms with E-state index >= 15 is 0 Å². The fourth-order valence-electron chi connectivity index (χ4n) is 3.76. The lowest BCUT2D eigenvalue weighted by molar-refractivity contribution is -0.158. The maximum Gasteiger partial charge on any atom is 0.326 e. The number of rotatable bonds is 9. The predicted molar refractivity (Wildman–Crippen MR) is 142 cm³/mol. The van der Waals surface area contributed by atoms with Gasteiger partial charge in [-0.15, -0.1) is 11.3 Å². The molecule has 0 aliphatic carbocycles. The molecule has 1 N–H and O–H groups in total. The average molecular weight is 521 g/mol. The molecule has 36 heavy (non-hydrogen) atoms. The summed E-state index contributed by atoms with van der Waals surface area (Å²) in [7, 11) is 0. The molecule has 1 heterocycles. The zero-order valence-electron chi connectivity index (χ0n) is 19.6. The number of nitrogens with one attached hydrogen (secondary N) is 1. The number of carbonyl (C=O) groups is 3. The van der Waals surface area contributed by atoms with Gasteiger partial charge >= 0.3 is 5.97 Å². The van der Waals surface area contributed by atoms with Crippen molar-refractivity contribution in [2.75, 3.05) is 6.54 Å². The smallest absolute Gasteiger partial charge is 0.326 e. The van der Waals surface area contributed by atoms with E-state index in [0.29, 0.717) is 23.0 Å². The van der Waals surface area contributed by atoms with Crippen LogP contribution in [0.2, 0.25) is 5.02 Å². The van der Waals surface area contributed by atoms with Gasteiger partial charge in [-0.1, -0.05) is 90.5 Å².